The van der Waals surface area contributed by atoms with Crippen LogP contribution in [0.3, 0.4) is 0 Å². The summed E-state index contributed by atoms with van der Waals surface area (Å²) in [5.74, 6) is -0.290. The van der Waals surface area contributed by atoms with Gasteiger partial charge in [-0.2, -0.15) is 0 Å². The van der Waals surface area contributed by atoms with Gasteiger partial charge in [0.25, 0.3) is 0 Å². The molecule has 1 aromatic rings. The quantitative estimate of drug-likeness (QED) is 0.808. The second kappa shape index (κ2) is 7.35. The Morgan fingerprint density at radius 1 is 1.25 bits per heavy atom. The monoisotopic (exact) mass is 339 g/mol. The molecule has 134 valence electrons. The second-order valence-corrected chi connectivity index (χ2v) is 6.67. The SMILES string of the molecule is COC(OC)C1CC[C@H](Nc2ccc(F)cc2)[C@]2(O)CCCO[C@H]12. The number of hydrogen-bond acceptors (Lipinski definition) is 5. The van der Waals surface area contributed by atoms with E-state index in [1.54, 1.807) is 26.4 Å². The zero-order valence-corrected chi connectivity index (χ0v) is 14.2. The zero-order chi connectivity index (χ0) is 17.2. The van der Waals surface area contributed by atoms with Crippen molar-refractivity contribution in [3.05, 3.63) is 30.1 Å². The molecule has 1 aliphatic heterocycles. The van der Waals surface area contributed by atoms with Crippen LogP contribution < -0.4 is 5.32 Å². The molecule has 6 heteroatoms. The maximum absolute atomic E-state index is 13.1. The molecule has 0 aromatic heterocycles. The van der Waals surface area contributed by atoms with Gasteiger partial charge in [0.05, 0.1) is 12.1 Å². The molecule has 1 saturated heterocycles. The van der Waals surface area contributed by atoms with Crippen LogP contribution in [0.1, 0.15) is 25.7 Å². The molecule has 4 atom stereocenters. The van der Waals surface area contributed by atoms with Gasteiger partial charge in [0.2, 0.25) is 0 Å². The molecule has 5 nitrogen and oxygen atoms in total. The van der Waals surface area contributed by atoms with Gasteiger partial charge >= 0.3 is 0 Å². The minimum absolute atomic E-state index is 0.0171. The Balaban J connectivity index is 1.80. The molecule has 1 aliphatic carbocycles. The van der Waals surface area contributed by atoms with Gasteiger partial charge in [-0.25, -0.2) is 4.39 Å². The van der Waals surface area contributed by atoms with E-state index in [9.17, 15) is 9.50 Å². The number of hydrogen-bond donors (Lipinski definition) is 2. The van der Waals surface area contributed by atoms with Crippen molar-refractivity contribution >= 4 is 5.69 Å². The van der Waals surface area contributed by atoms with Gasteiger partial charge in [0.1, 0.15) is 11.4 Å². The third-order valence-electron chi connectivity index (χ3n) is 5.29. The average molecular weight is 339 g/mol. The Kier molecular flexibility index (Phi) is 5.39. The zero-order valence-electron chi connectivity index (χ0n) is 14.2. The van der Waals surface area contributed by atoms with Crippen molar-refractivity contribution in [2.24, 2.45) is 5.92 Å². The molecule has 1 saturated carbocycles. The van der Waals surface area contributed by atoms with Gasteiger partial charge in [-0.3, -0.25) is 0 Å². The molecule has 1 heterocycles. The van der Waals surface area contributed by atoms with E-state index in [1.165, 1.54) is 12.1 Å². The first-order valence-electron chi connectivity index (χ1n) is 8.50. The first-order chi connectivity index (χ1) is 11.6. The van der Waals surface area contributed by atoms with Crippen molar-refractivity contribution in [2.75, 3.05) is 26.1 Å². The van der Waals surface area contributed by atoms with Gasteiger partial charge in [-0.15, -0.1) is 0 Å². The van der Waals surface area contributed by atoms with E-state index >= 15 is 0 Å². The molecular formula is C18H26FNO4. The molecule has 2 fully saturated rings. The average Bonchev–Trinajstić information content (AvgIpc) is 2.59. The van der Waals surface area contributed by atoms with E-state index in [0.717, 1.165) is 24.9 Å². The van der Waals surface area contributed by atoms with Gasteiger partial charge in [-0.05, 0) is 49.9 Å². The lowest BCUT2D eigenvalue weighted by Crippen LogP contribution is -2.65. The van der Waals surface area contributed by atoms with E-state index < -0.39 is 11.9 Å². The smallest absolute Gasteiger partial charge is 0.162 e. The molecule has 0 amide bonds. The molecule has 1 unspecified atom stereocenters. The summed E-state index contributed by atoms with van der Waals surface area (Å²) in [6.07, 6.45) is 2.31. The highest BCUT2D eigenvalue weighted by atomic mass is 19.1. The highest BCUT2D eigenvalue weighted by molar-refractivity contribution is 5.45. The topological polar surface area (TPSA) is 60.0 Å². The molecule has 2 N–H and O–H groups in total. The van der Waals surface area contributed by atoms with Crippen LogP contribution in [0.4, 0.5) is 10.1 Å². The van der Waals surface area contributed by atoms with Gasteiger partial charge < -0.3 is 24.6 Å². The van der Waals surface area contributed by atoms with Crippen LogP contribution in [0.25, 0.3) is 0 Å². The summed E-state index contributed by atoms with van der Waals surface area (Å²) in [7, 11) is 3.22. The van der Waals surface area contributed by atoms with Crippen LogP contribution >= 0.6 is 0 Å². The van der Waals surface area contributed by atoms with Crippen LogP contribution in [0, 0.1) is 11.7 Å². The first-order valence-corrected chi connectivity index (χ1v) is 8.50. The number of methoxy groups -OCH3 is 2. The van der Waals surface area contributed by atoms with Gasteiger partial charge in [0.15, 0.2) is 6.29 Å². The second-order valence-electron chi connectivity index (χ2n) is 6.67. The lowest BCUT2D eigenvalue weighted by atomic mass is 9.68. The summed E-state index contributed by atoms with van der Waals surface area (Å²) >= 11 is 0. The number of fused-ring (bicyclic) bond motifs is 1. The maximum atomic E-state index is 13.1. The van der Waals surface area contributed by atoms with Crippen molar-refractivity contribution in [1.82, 2.24) is 0 Å². The van der Waals surface area contributed by atoms with Crippen LogP contribution in [0.2, 0.25) is 0 Å². The molecule has 3 rings (SSSR count). The predicted molar refractivity (Wildman–Crippen MR) is 88.3 cm³/mol. The molecule has 24 heavy (non-hydrogen) atoms. The van der Waals surface area contributed by atoms with Gasteiger partial charge in [-0.1, -0.05) is 0 Å². The summed E-state index contributed by atoms with van der Waals surface area (Å²) in [6, 6.07) is 6.06. The first kappa shape index (κ1) is 17.6. The Hall–Kier alpha value is -1.21. The van der Waals surface area contributed by atoms with Crippen LogP contribution in [-0.2, 0) is 14.2 Å². The van der Waals surface area contributed by atoms with Gasteiger partial charge in [0, 0.05) is 32.4 Å². The fourth-order valence-corrected chi connectivity index (χ4v) is 4.15. The lowest BCUT2D eigenvalue weighted by molar-refractivity contribution is -0.243. The van der Waals surface area contributed by atoms with Crippen LogP contribution in [0.5, 0.6) is 0 Å². The minimum Gasteiger partial charge on any atom is -0.385 e. The number of benzene rings is 1. The maximum Gasteiger partial charge on any atom is 0.162 e. The number of nitrogens with one attached hydrogen (secondary N) is 1. The van der Waals surface area contributed by atoms with E-state index in [0.29, 0.717) is 13.0 Å². The summed E-state index contributed by atoms with van der Waals surface area (Å²) in [5.41, 5.74) is -0.196. The highest BCUT2D eigenvalue weighted by Crippen LogP contribution is 2.43. The van der Waals surface area contributed by atoms with E-state index in [1.807, 2.05) is 0 Å². The Morgan fingerprint density at radius 2 is 1.96 bits per heavy atom. The number of anilines is 1. The fraction of sp³-hybridized carbons (Fsp3) is 0.667. The van der Waals surface area contributed by atoms with Crippen molar-refractivity contribution in [2.45, 2.75) is 49.7 Å². The van der Waals surface area contributed by atoms with E-state index in [-0.39, 0.29) is 23.9 Å². The molecule has 0 spiro atoms. The lowest BCUT2D eigenvalue weighted by Gasteiger charge is -2.52. The van der Waals surface area contributed by atoms with Crippen molar-refractivity contribution in [1.29, 1.82) is 0 Å². The third-order valence-corrected chi connectivity index (χ3v) is 5.29. The largest absolute Gasteiger partial charge is 0.385 e. The summed E-state index contributed by atoms with van der Waals surface area (Å²) in [4.78, 5) is 0. The Bertz CT molecular complexity index is 536. The number of rotatable bonds is 5. The molecule has 0 radical (unpaired) electrons. The Labute approximate surface area is 142 Å². The highest BCUT2D eigenvalue weighted by Gasteiger charge is 2.54. The fourth-order valence-electron chi connectivity index (χ4n) is 4.15. The van der Waals surface area contributed by atoms with Crippen LogP contribution in [0.15, 0.2) is 24.3 Å². The summed E-state index contributed by atoms with van der Waals surface area (Å²) < 4.78 is 29.9. The minimum atomic E-state index is -0.995. The summed E-state index contributed by atoms with van der Waals surface area (Å²) in [5, 5.41) is 14.8. The third kappa shape index (κ3) is 3.28. The number of halogens is 1. The molecule has 2 aliphatic rings. The number of ether oxygens (including phenoxy) is 3. The van der Waals surface area contributed by atoms with E-state index in [4.69, 9.17) is 14.2 Å². The van der Waals surface area contributed by atoms with Crippen molar-refractivity contribution in [3.8, 4) is 0 Å². The van der Waals surface area contributed by atoms with Crippen molar-refractivity contribution < 1.29 is 23.7 Å². The Morgan fingerprint density at radius 3 is 2.62 bits per heavy atom. The normalized spacial score (nSPS) is 33.3. The standard InChI is InChI=1S/C18H26FNO4/c1-22-17(23-2)14-8-9-15(18(21)10-3-11-24-16(14)18)20-13-6-4-12(19)5-7-13/h4-7,14-17,20-21H,3,8-11H2,1-2H3/t14?,15-,16+,18+/m0/s1. The summed E-state index contributed by atoms with van der Waals surface area (Å²) in [6.45, 7) is 0.632. The number of aliphatic hydroxyl groups is 1. The molecule has 0 bridgehead atoms. The van der Waals surface area contributed by atoms with Crippen molar-refractivity contribution in [3.63, 3.8) is 0 Å². The predicted octanol–water partition coefficient (Wildman–Crippen LogP) is 2.55. The molecular weight excluding hydrogens is 313 g/mol. The van der Waals surface area contributed by atoms with E-state index in [2.05, 4.69) is 5.32 Å². The molecule has 1 aromatic carbocycles. The van der Waals surface area contributed by atoms with Crippen LogP contribution in [-0.4, -0.2) is 50.0 Å².